The van der Waals surface area contributed by atoms with Gasteiger partial charge < -0.3 is 0 Å². The molecule has 0 fully saturated rings. The summed E-state index contributed by atoms with van der Waals surface area (Å²) in [5.74, 6) is -0.766. The van der Waals surface area contributed by atoms with Crippen molar-refractivity contribution in [1.82, 2.24) is 0 Å². The van der Waals surface area contributed by atoms with Gasteiger partial charge >= 0.3 is 0 Å². The number of rotatable bonds is 2. The molecule has 0 bridgehead atoms. The number of fused-ring (bicyclic) bond motifs is 1. The molecule has 3 aromatic rings. The Kier molecular flexibility index (Phi) is 3.83. The van der Waals surface area contributed by atoms with Gasteiger partial charge in [0, 0.05) is 16.0 Å². The maximum atomic E-state index is 14.0. The van der Waals surface area contributed by atoms with E-state index in [0.717, 1.165) is 0 Å². The average molecular weight is 323 g/mol. The molecule has 0 saturated carbocycles. The fraction of sp³-hybridized carbons (Fsp3) is 0.0588. The van der Waals surface area contributed by atoms with Gasteiger partial charge in [-0.05, 0) is 35.2 Å². The number of hydrogen-bond donors (Lipinski definition) is 0. The van der Waals surface area contributed by atoms with Crippen LogP contribution in [-0.4, -0.2) is 0 Å². The lowest BCUT2D eigenvalue weighted by Gasteiger charge is -2.15. The molecule has 0 N–H and O–H groups in total. The van der Waals surface area contributed by atoms with Crippen LogP contribution in [0.15, 0.2) is 54.6 Å². The number of halogens is 4. The molecule has 4 heteroatoms. The Balaban J connectivity index is 2.20. The van der Waals surface area contributed by atoms with Crippen LogP contribution >= 0.6 is 23.2 Å². The SMILES string of the molecule is Fc1ccc(Cl)cc1C(Cl)c1ccc(F)c2ccccc12. The van der Waals surface area contributed by atoms with E-state index in [2.05, 4.69) is 0 Å². The maximum Gasteiger partial charge on any atom is 0.131 e. The van der Waals surface area contributed by atoms with Crippen molar-refractivity contribution in [3.63, 3.8) is 0 Å². The fourth-order valence-electron chi connectivity index (χ4n) is 2.38. The molecule has 0 heterocycles. The largest absolute Gasteiger partial charge is 0.207 e. The molecule has 3 rings (SSSR count). The molecule has 0 aliphatic rings. The van der Waals surface area contributed by atoms with E-state index >= 15 is 0 Å². The first kappa shape index (κ1) is 14.3. The second kappa shape index (κ2) is 5.63. The summed E-state index contributed by atoms with van der Waals surface area (Å²) >= 11 is 12.3. The van der Waals surface area contributed by atoms with Crippen LogP contribution in [0.4, 0.5) is 8.78 Å². The van der Waals surface area contributed by atoms with Gasteiger partial charge in [-0.1, -0.05) is 41.9 Å². The smallest absolute Gasteiger partial charge is 0.131 e. The molecule has 0 amide bonds. The summed E-state index contributed by atoms with van der Waals surface area (Å²) in [4.78, 5) is 0. The lowest BCUT2D eigenvalue weighted by Crippen LogP contribution is -1.99. The van der Waals surface area contributed by atoms with Crippen LogP contribution in [0.3, 0.4) is 0 Å². The highest BCUT2D eigenvalue weighted by molar-refractivity contribution is 6.31. The van der Waals surface area contributed by atoms with Crippen molar-refractivity contribution < 1.29 is 8.78 Å². The summed E-state index contributed by atoms with van der Waals surface area (Å²) in [6.45, 7) is 0. The summed E-state index contributed by atoms with van der Waals surface area (Å²) in [5.41, 5.74) is 0.927. The van der Waals surface area contributed by atoms with Crippen LogP contribution in [0.2, 0.25) is 5.02 Å². The lowest BCUT2D eigenvalue weighted by molar-refractivity contribution is 0.612. The van der Waals surface area contributed by atoms with Crippen LogP contribution in [0.5, 0.6) is 0 Å². The molecule has 0 aromatic heterocycles. The normalized spacial score (nSPS) is 12.6. The van der Waals surface area contributed by atoms with E-state index in [9.17, 15) is 8.78 Å². The monoisotopic (exact) mass is 322 g/mol. The third-order valence-corrected chi connectivity index (χ3v) is 4.11. The molecule has 1 atom stereocenters. The molecule has 106 valence electrons. The van der Waals surface area contributed by atoms with Crippen molar-refractivity contribution in [3.05, 3.63) is 82.4 Å². The van der Waals surface area contributed by atoms with Gasteiger partial charge in [0.2, 0.25) is 0 Å². The topological polar surface area (TPSA) is 0 Å². The van der Waals surface area contributed by atoms with Crippen LogP contribution in [0, 0.1) is 11.6 Å². The van der Waals surface area contributed by atoms with Crippen LogP contribution in [-0.2, 0) is 0 Å². The van der Waals surface area contributed by atoms with Crippen LogP contribution < -0.4 is 0 Å². The summed E-state index contributed by atoms with van der Waals surface area (Å²) in [7, 11) is 0. The minimum Gasteiger partial charge on any atom is -0.207 e. The molecule has 0 saturated heterocycles. The van der Waals surface area contributed by atoms with Gasteiger partial charge in [-0.2, -0.15) is 0 Å². The zero-order chi connectivity index (χ0) is 15.0. The van der Waals surface area contributed by atoms with Crippen LogP contribution in [0.25, 0.3) is 10.8 Å². The molecule has 1 unspecified atom stereocenters. The Morgan fingerprint density at radius 3 is 2.19 bits per heavy atom. The summed E-state index contributed by atoms with van der Waals surface area (Å²) in [6, 6.07) is 14.1. The third kappa shape index (κ3) is 2.61. The lowest BCUT2D eigenvalue weighted by atomic mass is 9.97. The van der Waals surface area contributed by atoms with Gasteiger partial charge in [-0.3, -0.25) is 0 Å². The quantitative estimate of drug-likeness (QED) is 0.500. The maximum absolute atomic E-state index is 14.0. The summed E-state index contributed by atoms with van der Waals surface area (Å²) in [6.07, 6.45) is 0. The van der Waals surface area contributed by atoms with Gasteiger partial charge in [-0.25, -0.2) is 8.78 Å². The van der Waals surface area contributed by atoms with E-state index in [1.165, 1.54) is 24.3 Å². The van der Waals surface area contributed by atoms with Crippen molar-refractivity contribution in [2.24, 2.45) is 0 Å². The number of hydrogen-bond acceptors (Lipinski definition) is 0. The number of alkyl halides is 1. The second-order valence-electron chi connectivity index (χ2n) is 4.71. The van der Waals surface area contributed by atoms with Crippen molar-refractivity contribution in [1.29, 1.82) is 0 Å². The Bertz CT molecular complexity index is 815. The first-order chi connectivity index (χ1) is 10.1. The van der Waals surface area contributed by atoms with Crippen molar-refractivity contribution in [2.45, 2.75) is 5.38 Å². The van der Waals surface area contributed by atoms with Gasteiger partial charge in [0.15, 0.2) is 0 Å². The van der Waals surface area contributed by atoms with E-state index in [4.69, 9.17) is 23.2 Å². The predicted octanol–water partition coefficient (Wildman–Crippen LogP) is 6.10. The zero-order valence-electron chi connectivity index (χ0n) is 10.8. The fourth-order valence-corrected chi connectivity index (χ4v) is 2.92. The molecule has 0 spiro atoms. The highest BCUT2D eigenvalue weighted by Gasteiger charge is 2.19. The van der Waals surface area contributed by atoms with E-state index in [1.54, 1.807) is 30.3 Å². The first-order valence-electron chi connectivity index (χ1n) is 6.34. The zero-order valence-corrected chi connectivity index (χ0v) is 12.3. The van der Waals surface area contributed by atoms with Crippen molar-refractivity contribution in [2.75, 3.05) is 0 Å². The van der Waals surface area contributed by atoms with Crippen LogP contribution in [0.1, 0.15) is 16.5 Å². The minimum atomic E-state index is -0.741. The Hall–Kier alpha value is -1.64. The van der Waals surface area contributed by atoms with E-state index in [1.807, 2.05) is 0 Å². The minimum absolute atomic E-state index is 0.279. The number of benzene rings is 3. The van der Waals surface area contributed by atoms with Gasteiger partial charge in [0.05, 0.1) is 5.38 Å². The standard InChI is InChI=1S/C17H10Cl2F2/c18-10-5-7-16(21)14(9-10)17(19)13-6-8-15(20)12-4-2-1-3-11(12)13/h1-9,17H. The Morgan fingerprint density at radius 2 is 1.43 bits per heavy atom. The summed E-state index contributed by atoms with van der Waals surface area (Å²) < 4.78 is 27.8. The molecular formula is C17H10Cl2F2. The highest BCUT2D eigenvalue weighted by Crippen LogP contribution is 2.36. The Labute approximate surface area is 130 Å². The van der Waals surface area contributed by atoms with E-state index < -0.39 is 11.2 Å². The highest BCUT2D eigenvalue weighted by atomic mass is 35.5. The molecule has 0 aliphatic heterocycles. The van der Waals surface area contributed by atoms with Gasteiger partial charge in [-0.15, -0.1) is 11.6 Å². The summed E-state index contributed by atoms with van der Waals surface area (Å²) in [5, 5.41) is 0.789. The molecule has 0 aliphatic carbocycles. The predicted molar refractivity (Wildman–Crippen MR) is 83.0 cm³/mol. The second-order valence-corrected chi connectivity index (χ2v) is 5.58. The first-order valence-corrected chi connectivity index (χ1v) is 7.15. The van der Waals surface area contributed by atoms with E-state index in [0.29, 0.717) is 21.4 Å². The molecule has 0 radical (unpaired) electrons. The van der Waals surface area contributed by atoms with Crippen molar-refractivity contribution >= 4 is 34.0 Å². The average Bonchev–Trinajstić information content (AvgIpc) is 2.50. The van der Waals surface area contributed by atoms with Crippen molar-refractivity contribution in [3.8, 4) is 0 Å². The molecule has 21 heavy (non-hydrogen) atoms. The molecule has 3 aromatic carbocycles. The Morgan fingerprint density at radius 1 is 0.762 bits per heavy atom. The molecular weight excluding hydrogens is 313 g/mol. The van der Waals surface area contributed by atoms with Gasteiger partial charge in [0.25, 0.3) is 0 Å². The van der Waals surface area contributed by atoms with Gasteiger partial charge in [0.1, 0.15) is 11.6 Å². The third-order valence-electron chi connectivity index (χ3n) is 3.41. The van der Waals surface area contributed by atoms with E-state index in [-0.39, 0.29) is 11.4 Å². The molecule has 0 nitrogen and oxygen atoms in total.